The Morgan fingerprint density at radius 1 is 0.836 bits per heavy atom. The van der Waals surface area contributed by atoms with Crippen LogP contribution in [0, 0.1) is 0 Å². The van der Waals surface area contributed by atoms with E-state index in [9.17, 15) is 24.3 Å². The first kappa shape index (κ1) is 39.0. The van der Waals surface area contributed by atoms with E-state index in [-0.39, 0.29) is 23.8 Å². The maximum atomic E-state index is 13.8. The van der Waals surface area contributed by atoms with Gasteiger partial charge in [0.15, 0.2) is 0 Å². The first-order chi connectivity index (χ1) is 26.6. The maximum absolute atomic E-state index is 13.8. The summed E-state index contributed by atoms with van der Waals surface area (Å²) in [6, 6.07) is 24.1. The minimum atomic E-state index is -0.905. The average molecular weight is 746 g/mol. The van der Waals surface area contributed by atoms with Gasteiger partial charge in [0.2, 0.25) is 0 Å². The van der Waals surface area contributed by atoms with Crippen molar-refractivity contribution >= 4 is 35.2 Å². The molecule has 1 saturated heterocycles. The highest BCUT2D eigenvalue weighted by Crippen LogP contribution is 2.33. The van der Waals surface area contributed by atoms with Crippen LogP contribution in [0.3, 0.4) is 0 Å². The zero-order chi connectivity index (χ0) is 38.9. The highest BCUT2D eigenvalue weighted by atomic mass is 16.4. The second kappa shape index (κ2) is 18.1. The Morgan fingerprint density at radius 3 is 2.42 bits per heavy atom. The van der Waals surface area contributed by atoms with Crippen molar-refractivity contribution in [2.45, 2.75) is 45.6 Å². The number of nitrogens with one attached hydrogen (secondary N) is 2. The molecule has 0 saturated carbocycles. The molecule has 0 bridgehead atoms. The molecular formula is C43H51N7O5. The number of rotatable bonds is 12. The molecule has 1 aliphatic heterocycles. The van der Waals surface area contributed by atoms with Gasteiger partial charge in [0.05, 0.1) is 17.4 Å². The summed E-state index contributed by atoms with van der Waals surface area (Å²) in [5.41, 5.74) is 6.33. The summed E-state index contributed by atoms with van der Waals surface area (Å²) in [5.74, 6) is -0.776. The highest BCUT2D eigenvalue weighted by Gasteiger charge is 2.24. The number of hydrogen-bond donors (Lipinski definition) is 3. The fourth-order valence-electron chi connectivity index (χ4n) is 7.49. The van der Waals surface area contributed by atoms with Crippen LogP contribution in [0.5, 0.6) is 0 Å². The number of aromatic nitrogens is 1. The van der Waals surface area contributed by atoms with Crippen molar-refractivity contribution in [3.63, 3.8) is 0 Å². The molecule has 0 radical (unpaired) electrons. The first-order valence-electron chi connectivity index (χ1n) is 19.3. The third-order valence-electron chi connectivity index (χ3n) is 10.7. The Labute approximate surface area is 323 Å². The van der Waals surface area contributed by atoms with E-state index in [1.54, 1.807) is 54.5 Å². The van der Waals surface area contributed by atoms with Gasteiger partial charge in [-0.1, -0.05) is 30.3 Å². The van der Waals surface area contributed by atoms with Crippen LogP contribution in [0.2, 0.25) is 0 Å². The molecule has 12 heteroatoms. The summed E-state index contributed by atoms with van der Waals surface area (Å²) >= 11 is 0. The number of carbonyl (C=O) groups is 4. The van der Waals surface area contributed by atoms with Crippen LogP contribution in [0.15, 0.2) is 85.1 Å². The molecule has 55 heavy (non-hydrogen) atoms. The number of fused-ring (bicyclic) bond motifs is 1. The van der Waals surface area contributed by atoms with Crippen LogP contribution in [-0.2, 0) is 6.42 Å². The summed E-state index contributed by atoms with van der Waals surface area (Å²) in [6.45, 7) is 9.15. The van der Waals surface area contributed by atoms with Gasteiger partial charge in [0.1, 0.15) is 0 Å². The van der Waals surface area contributed by atoms with E-state index in [0.717, 1.165) is 56.6 Å². The Balaban J connectivity index is 1.18. The van der Waals surface area contributed by atoms with Gasteiger partial charge in [-0.3, -0.25) is 24.3 Å². The van der Waals surface area contributed by atoms with Crippen molar-refractivity contribution < 1.29 is 24.3 Å². The second-order valence-electron chi connectivity index (χ2n) is 14.2. The van der Waals surface area contributed by atoms with Crippen LogP contribution in [0.4, 0.5) is 16.2 Å². The molecular weight excluding hydrogens is 695 g/mol. The van der Waals surface area contributed by atoms with Gasteiger partial charge in [0, 0.05) is 87.0 Å². The number of carboxylic acid groups (broad SMARTS) is 1. The molecule has 2 aliphatic rings. The first-order valence-corrected chi connectivity index (χ1v) is 19.3. The van der Waals surface area contributed by atoms with E-state index in [4.69, 9.17) is 0 Å². The molecule has 288 valence electrons. The fraction of sp³-hybridized carbons (Fsp3) is 0.372. The molecule has 1 aliphatic carbocycles. The number of anilines is 2. The maximum Gasteiger partial charge on any atom is 0.407 e. The van der Waals surface area contributed by atoms with Gasteiger partial charge < -0.3 is 30.4 Å². The van der Waals surface area contributed by atoms with Crippen molar-refractivity contribution in [1.29, 1.82) is 0 Å². The average Bonchev–Trinajstić information content (AvgIpc) is 3.47. The number of benzene rings is 3. The molecule has 1 unspecified atom stereocenters. The number of amides is 4. The number of hydrogen-bond acceptors (Lipinski definition) is 7. The lowest BCUT2D eigenvalue weighted by Crippen LogP contribution is -2.38. The third-order valence-corrected chi connectivity index (χ3v) is 10.7. The summed E-state index contributed by atoms with van der Waals surface area (Å²) in [7, 11) is 1.73. The molecule has 1 fully saturated rings. The predicted octanol–water partition coefficient (Wildman–Crippen LogP) is 6.41. The molecule has 2 heterocycles. The Kier molecular flexibility index (Phi) is 12.8. The van der Waals surface area contributed by atoms with Gasteiger partial charge in [-0.2, -0.15) is 0 Å². The van der Waals surface area contributed by atoms with Crippen molar-refractivity contribution in [1.82, 2.24) is 25.0 Å². The predicted molar refractivity (Wildman–Crippen MR) is 215 cm³/mol. The van der Waals surface area contributed by atoms with E-state index >= 15 is 0 Å². The van der Waals surface area contributed by atoms with Crippen molar-refractivity contribution in [2.75, 3.05) is 69.6 Å². The Hall–Kier alpha value is -5.75. The molecule has 1 atom stereocenters. The Bertz CT molecular complexity index is 2010. The lowest BCUT2D eigenvalue weighted by molar-refractivity contribution is 0.0778. The van der Waals surface area contributed by atoms with E-state index in [0.29, 0.717) is 66.4 Å². The SMILES string of the molecule is CCN(CC)c1ccc(NC(=O)c2cccc(C(=O)N(C)CCN3CCCN(C(=O)O)CC3)c2)c(-c2cc(C(=O)NC3CCCc4ccccc43)ccn2)c1. The lowest BCUT2D eigenvalue weighted by atomic mass is 9.87. The summed E-state index contributed by atoms with van der Waals surface area (Å²) in [4.78, 5) is 64.4. The summed E-state index contributed by atoms with van der Waals surface area (Å²) in [5, 5.41) is 15.6. The zero-order valence-electron chi connectivity index (χ0n) is 32.0. The molecule has 4 aromatic rings. The lowest BCUT2D eigenvalue weighted by Gasteiger charge is -2.26. The van der Waals surface area contributed by atoms with E-state index in [1.807, 2.05) is 30.3 Å². The fourth-order valence-corrected chi connectivity index (χ4v) is 7.49. The number of likely N-dealkylation sites (N-methyl/N-ethyl adjacent to an activating group) is 1. The van der Waals surface area contributed by atoms with Gasteiger partial charge in [-0.05, 0) is 106 Å². The van der Waals surface area contributed by atoms with Gasteiger partial charge >= 0.3 is 6.09 Å². The van der Waals surface area contributed by atoms with Crippen molar-refractivity contribution in [3.05, 3.63) is 113 Å². The molecule has 6 rings (SSSR count). The van der Waals surface area contributed by atoms with E-state index in [2.05, 4.69) is 51.4 Å². The minimum Gasteiger partial charge on any atom is -0.465 e. The van der Waals surface area contributed by atoms with Gasteiger partial charge in [-0.15, -0.1) is 0 Å². The van der Waals surface area contributed by atoms with E-state index in [1.165, 1.54) is 10.5 Å². The van der Waals surface area contributed by atoms with Crippen LogP contribution in [-0.4, -0.2) is 108 Å². The topological polar surface area (TPSA) is 138 Å². The standard InChI is InChI=1S/C43H51N7O5/c1-4-49(5-2)34-17-18-38(36(29-34)39-28-32(19-20-44-39)41(52)45-37-16-9-12-30-11-6-7-15-35(30)37)46-40(51)31-13-8-14-33(27-31)42(53)47(3)23-24-48-21-10-22-50(26-25-48)43(54)55/h6-8,11,13-15,17-20,27-29,37H,4-5,9-10,12,16,21-26H2,1-3H3,(H,45,52)(H,46,51)(H,54,55). The Morgan fingerprint density at radius 2 is 1.62 bits per heavy atom. The zero-order valence-corrected chi connectivity index (χ0v) is 32.0. The molecule has 1 aromatic heterocycles. The second-order valence-corrected chi connectivity index (χ2v) is 14.2. The molecule has 0 spiro atoms. The molecule has 4 amide bonds. The monoisotopic (exact) mass is 745 g/mol. The molecule has 12 nitrogen and oxygen atoms in total. The normalized spacial score (nSPS) is 15.7. The number of pyridine rings is 1. The number of aryl methyl sites for hydroxylation is 1. The van der Waals surface area contributed by atoms with Crippen molar-refractivity contribution in [3.8, 4) is 11.3 Å². The summed E-state index contributed by atoms with van der Waals surface area (Å²) < 4.78 is 0. The van der Waals surface area contributed by atoms with Gasteiger partial charge in [-0.25, -0.2) is 4.79 Å². The van der Waals surface area contributed by atoms with Crippen LogP contribution < -0.4 is 15.5 Å². The van der Waals surface area contributed by atoms with Crippen LogP contribution in [0.25, 0.3) is 11.3 Å². The van der Waals surface area contributed by atoms with Crippen LogP contribution >= 0.6 is 0 Å². The third kappa shape index (κ3) is 9.50. The highest BCUT2D eigenvalue weighted by molar-refractivity contribution is 6.08. The van der Waals surface area contributed by atoms with Crippen LogP contribution in [0.1, 0.15) is 81.4 Å². The quantitative estimate of drug-likeness (QED) is 0.151. The molecule has 3 aromatic carbocycles. The smallest absolute Gasteiger partial charge is 0.407 e. The van der Waals surface area contributed by atoms with Crippen molar-refractivity contribution in [2.24, 2.45) is 0 Å². The molecule has 3 N–H and O–H groups in total. The number of carbonyl (C=O) groups excluding carboxylic acids is 3. The summed E-state index contributed by atoms with van der Waals surface area (Å²) in [6.07, 6.45) is 4.35. The van der Waals surface area contributed by atoms with Gasteiger partial charge in [0.25, 0.3) is 17.7 Å². The largest absolute Gasteiger partial charge is 0.465 e. The van der Waals surface area contributed by atoms with E-state index < -0.39 is 6.09 Å². The number of nitrogens with zero attached hydrogens (tertiary/aromatic N) is 5. The minimum absolute atomic E-state index is 0.0662.